The van der Waals surface area contributed by atoms with Gasteiger partial charge >= 0.3 is 0 Å². The van der Waals surface area contributed by atoms with Crippen LogP contribution in [0, 0.1) is 0 Å². The van der Waals surface area contributed by atoms with Gasteiger partial charge in [-0.05, 0) is 66.4 Å². The van der Waals surface area contributed by atoms with E-state index in [0.717, 1.165) is 83.8 Å². The van der Waals surface area contributed by atoms with Gasteiger partial charge in [0.15, 0.2) is 5.82 Å². The summed E-state index contributed by atoms with van der Waals surface area (Å²) in [6.45, 7) is 6.21. The number of fused-ring (bicyclic) bond motifs is 1. The number of H-pyrrole nitrogens is 2. The summed E-state index contributed by atoms with van der Waals surface area (Å²) >= 11 is 0. The van der Waals surface area contributed by atoms with Crippen LogP contribution >= 0.6 is 0 Å². The Balaban J connectivity index is 1.40. The van der Waals surface area contributed by atoms with E-state index < -0.39 is 0 Å². The predicted molar refractivity (Wildman–Crippen MR) is 133 cm³/mol. The first-order valence-corrected chi connectivity index (χ1v) is 11.6. The lowest BCUT2D eigenvalue weighted by atomic mass is 9.97. The third-order valence-corrected chi connectivity index (χ3v) is 6.46. The summed E-state index contributed by atoms with van der Waals surface area (Å²) in [7, 11) is 1.99. The molecule has 4 N–H and O–H groups in total. The number of aryl methyl sites for hydroxylation is 1. The van der Waals surface area contributed by atoms with Gasteiger partial charge in [-0.15, -0.1) is 0 Å². The molecule has 170 valence electrons. The van der Waals surface area contributed by atoms with E-state index in [1.165, 1.54) is 5.57 Å². The number of nitrogens with zero attached hydrogens (tertiary/aromatic N) is 3. The van der Waals surface area contributed by atoms with E-state index in [4.69, 9.17) is 0 Å². The van der Waals surface area contributed by atoms with Crippen molar-refractivity contribution in [2.24, 2.45) is 0 Å². The standard InChI is InChI=1S/C26H30N6O/c1-3-17-14-20(33)5-7-21(17)19-4-6-22-23(15-19)30-31-25(22)26-28-16-24(29-26)18-8-11-32(12-9-18)13-10-27-2/h4-8,14-16,27,33H,3,9-13H2,1-2H3,(H,28,29)(H,30,31). The van der Waals surface area contributed by atoms with Crippen LogP contribution < -0.4 is 5.32 Å². The molecule has 2 aromatic heterocycles. The Morgan fingerprint density at radius 1 is 1.18 bits per heavy atom. The molecule has 0 saturated heterocycles. The van der Waals surface area contributed by atoms with Crippen LogP contribution in [-0.2, 0) is 6.42 Å². The molecule has 5 rings (SSSR count). The highest BCUT2D eigenvalue weighted by Gasteiger charge is 2.17. The van der Waals surface area contributed by atoms with Gasteiger partial charge in [0.25, 0.3) is 0 Å². The van der Waals surface area contributed by atoms with Crippen molar-refractivity contribution in [1.29, 1.82) is 0 Å². The fourth-order valence-electron chi connectivity index (χ4n) is 4.56. The van der Waals surface area contributed by atoms with Gasteiger partial charge in [0.1, 0.15) is 11.4 Å². The van der Waals surface area contributed by atoms with Crippen molar-refractivity contribution in [3.8, 4) is 28.4 Å². The zero-order valence-electron chi connectivity index (χ0n) is 19.2. The van der Waals surface area contributed by atoms with Crippen LogP contribution in [0.25, 0.3) is 39.1 Å². The van der Waals surface area contributed by atoms with Crippen LogP contribution in [0.15, 0.2) is 48.7 Å². The summed E-state index contributed by atoms with van der Waals surface area (Å²) in [5.74, 6) is 1.08. The normalized spacial score (nSPS) is 14.7. The van der Waals surface area contributed by atoms with E-state index in [9.17, 15) is 5.11 Å². The Hall–Kier alpha value is -3.42. The smallest absolute Gasteiger partial charge is 0.159 e. The van der Waals surface area contributed by atoms with E-state index in [0.29, 0.717) is 5.75 Å². The fraction of sp³-hybridized carbons (Fsp3) is 0.308. The molecule has 3 heterocycles. The number of hydrogen-bond donors (Lipinski definition) is 4. The first-order chi connectivity index (χ1) is 16.2. The van der Waals surface area contributed by atoms with Gasteiger partial charge in [-0.1, -0.05) is 25.1 Å². The third kappa shape index (κ3) is 4.29. The minimum absolute atomic E-state index is 0.299. The van der Waals surface area contributed by atoms with E-state index in [1.807, 2.05) is 25.4 Å². The maximum atomic E-state index is 9.82. The topological polar surface area (TPSA) is 92.9 Å². The largest absolute Gasteiger partial charge is 0.508 e. The maximum Gasteiger partial charge on any atom is 0.159 e. The number of aromatic amines is 2. The predicted octanol–water partition coefficient (Wildman–Crippen LogP) is 4.20. The molecule has 0 bridgehead atoms. The Kier molecular flexibility index (Phi) is 5.98. The molecule has 0 amide bonds. The molecule has 1 aliphatic rings. The number of imidazole rings is 1. The second kappa shape index (κ2) is 9.21. The minimum atomic E-state index is 0.299. The molecule has 4 aromatic rings. The molecule has 0 radical (unpaired) electrons. The van der Waals surface area contributed by atoms with Gasteiger partial charge in [-0.3, -0.25) is 10.00 Å². The highest BCUT2D eigenvalue weighted by molar-refractivity contribution is 5.94. The number of phenols is 1. The van der Waals surface area contributed by atoms with E-state index in [1.54, 1.807) is 6.07 Å². The monoisotopic (exact) mass is 442 g/mol. The second-order valence-corrected chi connectivity index (χ2v) is 8.56. The molecule has 0 unspecified atom stereocenters. The molecule has 1 aliphatic heterocycles. The van der Waals surface area contributed by atoms with Crippen molar-refractivity contribution >= 4 is 16.5 Å². The van der Waals surface area contributed by atoms with Crippen molar-refractivity contribution in [2.45, 2.75) is 19.8 Å². The number of benzene rings is 2. The summed E-state index contributed by atoms with van der Waals surface area (Å²) in [6, 6.07) is 11.9. The highest BCUT2D eigenvalue weighted by atomic mass is 16.3. The molecule has 2 aromatic carbocycles. The van der Waals surface area contributed by atoms with Crippen molar-refractivity contribution in [2.75, 3.05) is 33.2 Å². The van der Waals surface area contributed by atoms with Gasteiger partial charge in [-0.25, -0.2) is 4.98 Å². The highest BCUT2D eigenvalue weighted by Crippen LogP contribution is 2.32. The SMILES string of the molecule is CCc1cc(O)ccc1-c1ccc2c(-c3ncc(C4=CCN(CCNC)CC4)[nH]3)n[nH]c2c1. The first-order valence-electron chi connectivity index (χ1n) is 11.6. The quantitative estimate of drug-likeness (QED) is 0.344. The molecule has 0 saturated carbocycles. The molecule has 0 atom stereocenters. The van der Waals surface area contributed by atoms with Crippen molar-refractivity contribution in [3.63, 3.8) is 0 Å². The van der Waals surface area contributed by atoms with Crippen LogP contribution in [0.2, 0.25) is 0 Å². The Labute approximate surface area is 193 Å². The number of rotatable bonds is 7. The van der Waals surface area contributed by atoms with E-state index in [-0.39, 0.29) is 0 Å². The Bertz CT molecular complexity index is 1300. The number of phenolic OH excluding ortho intramolecular Hbond substituents is 1. The molecular weight excluding hydrogens is 412 g/mol. The molecule has 33 heavy (non-hydrogen) atoms. The molecule has 7 heteroatoms. The van der Waals surface area contributed by atoms with Gasteiger partial charge in [0.05, 0.1) is 17.4 Å². The third-order valence-electron chi connectivity index (χ3n) is 6.46. The molecule has 0 aliphatic carbocycles. The van der Waals surface area contributed by atoms with Crippen LogP contribution in [0.4, 0.5) is 0 Å². The second-order valence-electron chi connectivity index (χ2n) is 8.56. The molecule has 0 spiro atoms. The minimum Gasteiger partial charge on any atom is -0.508 e. The number of aromatic nitrogens is 4. The number of likely N-dealkylation sites (N-methyl/N-ethyl adjacent to an activating group) is 1. The summed E-state index contributed by atoms with van der Waals surface area (Å²) < 4.78 is 0. The van der Waals surface area contributed by atoms with Crippen LogP contribution in [0.3, 0.4) is 0 Å². The van der Waals surface area contributed by atoms with Gasteiger partial charge < -0.3 is 15.4 Å². The number of nitrogens with one attached hydrogen (secondary N) is 3. The summed E-state index contributed by atoms with van der Waals surface area (Å²) in [5.41, 5.74) is 7.53. The lowest BCUT2D eigenvalue weighted by Gasteiger charge is -2.25. The van der Waals surface area contributed by atoms with Crippen LogP contribution in [0.5, 0.6) is 5.75 Å². The van der Waals surface area contributed by atoms with E-state index >= 15 is 0 Å². The van der Waals surface area contributed by atoms with E-state index in [2.05, 4.69) is 61.6 Å². The van der Waals surface area contributed by atoms with Crippen molar-refractivity contribution in [1.82, 2.24) is 30.4 Å². The lowest BCUT2D eigenvalue weighted by Crippen LogP contribution is -2.34. The summed E-state index contributed by atoms with van der Waals surface area (Å²) in [4.78, 5) is 10.6. The number of hydrogen-bond acceptors (Lipinski definition) is 5. The summed E-state index contributed by atoms with van der Waals surface area (Å²) in [6.07, 6.45) is 6.09. The maximum absolute atomic E-state index is 9.82. The summed E-state index contributed by atoms with van der Waals surface area (Å²) in [5, 5.41) is 21.8. The van der Waals surface area contributed by atoms with Crippen LogP contribution in [-0.4, -0.2) is 63.4 Å². The average Bonchev–Trinajstić information content (AvgIpc) is 3.49. The first kappa shape index (κ1) is 21.4. The number of aromatic hydroxyl groups is 1. The zero-order chi connectivity index (χ0) is 22.8. The molecule has 7 nitrogen and oxygen atoms in total. The Morgan fingerprint density at radius 2 is 2.09 bits per heavy atom. The zero-order valence-corrected chi connectivity index (χ0v) is 19.2. The average molecular weight is 443 g/mol. The molecule has 0 fully saturated rings. The van der Waals surface area contributed by atoms with Crippen molar-refractivity contribution in [3.05, 3.63) is 59.9 Å². The van der Waals surface area contributed by atoms with Gasteiger partial charge in [0, 0.05) is 31.6 Å². The van der Waals surface area contributed by atoms with Crippen molar-refractivity contribution < 1.29 is 5.11 Å². The fourth-order valence-corrected chi connectivity index (χ4v) is 4.56. The molecular formula is C26H30N6O. The van der Waals surface area contributed by atoms with Gasteiger partial charge in [0.2, 0.25) is 0 Å². The lowest BCUT2D eigenvalue weighted by molar-refractivity contribution is 0.303. The van der Waals surface area contributed by atoms with Crippen LogP contribution in [0.1, 0.15) is 24.6 Å². The van der Waals surface area contributed by atoms with Gasteiger partial charge in [-0.2, -0.15) is 5.10 Å². The Morgan fingerprint density at radius 3 is 2.88 bits per heavy atom.